The van der Waals surface area contributed by atoms with Crippen LogP contribution < -0.4 is 20.5 Å². The number of methoxy groups -OCH3 is 2. The fraction of sp³-hybridized carbons (Fsp3) is 0.375. The SMILES string of the molecule is COc1ccc(OC)c(CCNC(=O)c2coc(C(N)CO)n2)c1. The molecular formula is C16H21N3O5. The molecule has 1 aromatic carbocycles. The highest BCUT2D eigenvalue weighted by Crippen LogP contribution is 2.24. The standard InChI is InChI=1S/C16H21N3O5/c1-22-11-3-4-14(23-2)10(7-11)5-6-18-15(21)13-9-24-16(19-13)12(17)8-20/h3-4,7,9,12,20H,5-6,8,17H2,1-2H3,(H,18,21). The van der Waals surface area contributed by atoms with Gasteiger partial charge >= 0.3 is 0 Å². The minimum atomic E-state index is -0.743. The van der Waals surface area contributed by atoms with Crippen molar-refractivity contribution in [2.75, 3.05) is 27.4 Å². The van der Waals surface area contributed by atoms with Crippen LogP contribution in [-0.2, 0) is 6.42 Å². The van der Waals surface area contributed by atoms with Crippen LogP contribution in [0, 0.1) is 0 Å². The molecule has 130 valence electrons. The molecule has 0 saturated heterocycles. The molecule has 8 nitrogen and oxygen atoms in total. The van der Waals surface area contributed by atoms with Gasteiger partial charge in [-0.05, 0) is 30.2 Å². The number of amides is 1. The number of carbonyl (C=O) groups excluding carboxylic acids is 1. The Morgan fingerprint density at radius 3 is 2.88 bits per heavy atom. The van der Waals surface area contributed by atoms with Crippen molar-refractivity contribution in [1.82, 2.24) is 10.3 Å². The average Bonchev–Trinajstić information content (AvgIpc) is 3.11. The first kappa shape index (κ1) is 17.8. The number of rotatable bonds is 8. The maximum absolute atomic E-state index is 12.0. The van der Waals surface area contributed by atoms with Gasteiger partial charge in [0.15, 0.2) is 5.69 Å². The van der Waals surface area contributed by atoms with Gasteiger partial charge in [0.05, 0.1) is 20.8 Å². The van der Waals surface area contributed by atoms with Crippen LogP contribution >= 0.6 is 0 Å². The molecule has 0 spiro atoms. The van der Waals surface area contributed by atoms with Crippen molar-refractivity contribution in [3.8, 4) is 11.5 Å². The summed E-state index contributed by atoms with van der Waals surface area (Å²) in [6, 6.07) is 4.74. The van der Waals surface area contributed by atoms with E-state index in [9.17, 15) is 4.79 Å². The molecule has 24 heavy (non-hydrogen) atoms. The van der Waals surface area contributed by atoms with Crippen LogP contribution in [0.2, 0.25) is 0 Å². The van der Waals surface area contributed by atoms with Gasteiger partial charge in [-0.25, -0.2) is 4.98 Å². The largest absolute Gasteiger partial charge is 0.497 e. The maximum Gasteiger partial charge on any atom is 0.273 e. The second-order valence-corrected chi connectivity index (χ2v) is 5.04. The summed E-state index contributed by atoms with van der Waals surface area (Å²) in [5.41, 5.74) is 6.61. The van der Waals surface area contributed by atoms with Crippen molar-refractivity contribution in [2.45, 2.75) is 12.5 Å². The third-order valence-corrected chi connectivity index (χ3v) is 3.44. The predicted octanol–water partition coefficient (Wildman–Crippen LogP) is 0.656. The Balaban J connectivity index is 1.94. The Morgan fingerprint density at radius 2 is 2.21 bits per heavy atom. The third-order valence-electron chi connectivity index (χ3n) is 3.44. The topological polar surface area (TPSA) is 120 Å². The quantitative estimate of drug-likeness (QED) is 0.648. The molecule has 0 saturated carbocycles. The van der Waals surface area contributed by atoms with Crippen molar-refractivity contribution in [1.29, 1.82) is 0 Å². The fourth-order valence-electron chi connectivity index (χ4n) is 2.12. The number of nitrogens with zero attached hydrogens (tertiary/aromatic N) is 1. The molecule has 8 heteroatoms. The third kappa shape index (κ3) is 4.24. The van der Waals surface area contributed by atoms with E-state index in [2.05, 4.69) is 10.3 Å². The highest BCUT2D eigenvalue weighted by atomic mass is 16.5. The lowest BCUT2D eigenvalue weighted by Crippen LogP contribution is -2.26. The van der Waals surface area contributed by atoms with E-state index in [-0.39, 0.29) is 24.1 Å². The highest BCUT2D eigenvalue weighted by molar-refractivity contribution is 5.91. The smallest absolute Gasteiger partial charge is 0.273 e. The molecule has 1 aromatic heterocycles. The average molecular weight is 335 g/mol. The van der Waals surface area contributed by atoms with Gasteiger partial charge in [-0.1, -0.05) is 0 Å². The van der Waals surface area contributed by atoms with Crippen LogP contribution in [0.1, 0.15) is 28.0 Å². The Labute approximate surface area is 139 Å². The van der Waals surface area contributed by atoms with E-state index < -0.39 is 6.04 Å². The minimum Gasteiger partial charge on any atom is -0.497 e. The highest BCUT2D eigenvalue weighted by Gasteiger charge is 2.16. The van der Waals surface area contributed by atoms with E-state index >= 15 is 0 Å². The summed E-state index contributed by atoms with van der Waals surface area (Å²) >= 11 is 0. The molecule has 2 rings (SSSR count). The van der Waals surface area contributed by atoms with Crippen molar-refractivity contribution in [3.05, 3.63) is 41.6 Å². The monoisotopic (exact) mass is 335 g/mol. The lowest BCUT2D eigenvalue weighted by molar-refractivity contribution is 0.0949. The number of benzene rings is 1. The molecule has 2 aromatic rings. The van der Waals surface area contributed by atoms with Gasteiger partial charge in [0.25, 0.3) is 5.91 Å². The Morgan fingerprint density at radius 1 is 1.42 bits per heavy atom. The molecule has 1 heterocycles. The summed E-state index contributed by atoms with van der Waals surface area (Å²) in [4.78, 5) is 16.0. The molecule has 0 aliphatic heterocycles. The number of ether oxygens (including phenoxy) is 2. The van der Waals surface area contributed by atoms with Gasteiger partial charge in [0.1, 0.15) is 23.8 Å². The Bertz CT molecular complexity index is 686. The van der Waals surface area contributed by atoms with E-state index in [0.29, 0.717) is 13.0 Å². The number of nitrogens with one attached hydrogen (secondary N) is 1. The van der Waals surface area contributed by atoms with E-state index in [4.69, 9.17) is 24.7 Å². The molecule has 0 aliphatic carbocycles. The van der Waals surface area contributed by atoms with Crippen LogP contribution in [0.3, 0.4) is 0 Å². The molecule has 1 atom stereocenters. The molecular weight excluding hydrogens is 314 g/mol. The molecule has 0 bridgehead atoms. The summed E-state index contributed by atoms with van der Waals surface area (Å²) < 4.78 is 15.6. The van der Waals surface area contributed by atoms with Gasteiger partial charge < -0.3 is 30.0 Å². The van der Waals surface area contributed by atoms with Crippen molar-refractivity contribution in [2.24, 2.45) is 5.73 Å². The van der Waals surface area contributed by atoms with E-state index in [1.54, 1.807) is 14.2 Å². The zero-order valence-electron chi connectivity index (χ0n) is 13.6. The van der Waals surface area contributed by atoms with Crippen LogP contribution in [-0.4, -0.2) is 43.4 Å². The number of carbonyl (C=O) groups is 1. The van der Waals surface area contributed by atoms with Gasteiger partial charge in [0, 0.05) is 6.54 Å². The zero-order chi connectivity index (χ0) is 17.5. The van der Waals surface area contributed by atoms with E-state index in [0.717, 1.165) is 17.1 Å². The first-order chi connectivity index (χ1) is 11.6. The van der Waals surface area contributed by atoms with Crippen LogP contribution in [0.5, 0.6) is 11.5 Å². The number of aliphatic hydroxyl groups excluding tert-OH is 1. The number of aromatic nitrogens is 1. The van der Waals surface area contributed by atoms with Gasteiger partial charge in [-0.3, -0.25) is 4.79 Å². The van der Waals surface area contributed by atoms with Crippen molar-refractivity contribution < 1.29 is 23.8 Å². The van der Waals surface area contributed by atoms with Gasteiger partial charge in [-0.15, -0.1) is 0 Å². The Kier molecular flexibility index (Phi) is 6.16. The lowest BCUT2D eigenvalue weighted by atomic mass is 10.1. The molecule has 1 unspecified atom stereocenters. The summed E-state index contributed by atoms with van der Waals surface area (Å²) in [6.07, 6.45) is 1.78. The van der Waals surface area contributed by atoms with Crippen LogP contribution in [0.4, 0.5) is 0 Å². The molecule has 4 N–H and O–H groups in total. The first-order valence-corrected chi connectivity index (χ1v) is 7.40. The van der Waals surface area contributed by atoms with E-state index in [1.165, 1.54) is 6.26 Å². The van der Waals surface area contributed by atoms with Crippen molar-refractivity contribution in [3.63, 3.8) is 0 Å². The van der Waals surface area contributed by atoms with E-state index in [1.807, 2.05) is 18.2 Å². The number of nitrogens with two attached hydrogens (primary N) is 1. The lowest BCUT2D eigenvalue weighted by Gasteiger charge is -2.10. The fourth-order valence-corrected chi connectivity index (χ4v) is 2.12. The second-order valence-electron chi connectivity index (χ2n) is 5.04. The molecule has 1 amide bonds. The number of oxazole rings is 1. The summed E-state index contributed by atoms with van der Waals surface area (Å²) in [5.74, 6) is 1.19. The maximum atomic E-state index is 12.0. The summed E-state index contributed by atoms with van der Waals surface area (Å²) in [6.45, 7) is 0.0772. The van der Waals surface area contributed by atoms with Crippen LogP contribution in [0.15, 0.2) is 28.9 Å². The number of aliphatic hydroxyl groups is 1. The predicted molar refractivity (Wildman–Crippen MR) is 86.1 cm³/mol. The van der Waals surface area contributed by atoms with Crippen LogP contribution in [0.25, 0.3) is 0 Å². The molecule has 0 fully saturated rings. The molecule has 0 aliphatic rings. The zero-order valence-corrected chi connectivity index (χ0v) is 13.6. The Hall–Kier alpha value is -2.58. The first-order valence-electron chi connectivity index (χ1n) is 7.40. The molecule has 0 radical (unpaired) electrons. The van der Waals surface area contributed by atoms with Gasteiger partial charge in [-0.2, -0.15) is 0 Å². The number of hydrogen-bond donors (Lipinski definition) is 3. The van der Waals surface area contributed by atoms with Gasteiger partial charge in [0.2, 0.25) is 5.89 Å². The summed E-state index contributed by atoms with van der Waals surface area (Å²) in [7, 11) is 3.18. The summed E-state index contributed by atoms with van der Waals surface area (Å²) in [5, 5.41) is 11.7. The number of hydrogen-bond acceptors (Lipinski definition) is 7. The second kappa shape index (κ2) is 8.32. The normalized spacial score (nSPS) is 11.8. The van der Waals surface area contributed by atoms with Crippen molar-refractivity contribution >= 4 is 5.91 Å². The minimum absolute atomic E-state index is 0.117.